The average molecular weight is 379 g/mol. The van der Waals surface area contributed by atoms with Crippen LogP contribution in [0.3, 0.4) is 0 Å². The van der Waals surface area contributed by atoms with E-state index in [-0.39, 0.29) is 17.9 Å². The highest BCUT2D eigenvalue weighted by Crippen LogP contribution is 2.27. The first-order valence-electron chi connectivity index (χ1n) is 9.75. The molecule has 1 aromatic carbocycles. The lowest BCUT2D eigenvalue weighted by Gasteiger charge is -2.31. The van der Waals surface area contributed by atoms with E-state index in [1.807, 2.05) is 0 Å². The van der Waals surface area contributed by atoms with E-state index in [1.54, 1.807) is 0 Å². The SMILES string of the molecule is CC[C@@H](NC(=O)[C@H]1CCCN(S(C)(=O)=O)C1)c1ccc2c(c1)CCCC2. The molecule has 2 atom stereocenters. The van der Waals surface area contributed by atoms with E-state index in [0.29, 0.717) is 13.1 Å². The quantitative estimate of drug-likeness (QED) is 0.857. The maximum atomic E-state index is 12.8. The molecule has 0 spiro atoms. The van der Waals surface area contributed by atoms with Crippen LogP contribution in [-0.4, -0.2) is 38.0 Å². The summed E-state index contributed by atoms with van der Waals surface area (Å²) in [6.07, 6.45) is 8.31. The largest absolute Gasteiger partial charge is 0.349 e. The van der Waals surface area contributed by atoms with Gasteiger partial charge in [0.1, 0.15) is 0 Å². The van der Waals surface area contributed by atoms with Gasteiger partial charge < -0.3 is 5.32 Å². The number of benzene rings is 1. The third-order valence-corrected chi connectivity index (χ3v) is 6.99. The highest BCUT2D eigenvalue weighted by atomic mass is 32.2. The molecule has 0 unspecified atom stereocenters. The Morgan fingerprint density at radius 1 is 1.23 bits per heavy atom. The molecule has 0 aromatic heterocycles. The van der Waals surface area contributed by atoms with Gasteiger partial charge in [-0.3, -0.25) is 4.79 Å². The fraction of sp³-hybridized carbons (Fsp3) is 0.650. The van der Waals surface area contributed by atoms with Gasteiger partial charge in [0.25, 0.3) is 0 Å². The zero-order valence-electron chi connectivity index (χ0n) is 15.8. The Balaban J connectivity index is 1.68. The lowest BCUT2D eigenvalue weighted by molar-refractivity contribution is -0.126. The molecular weight excluding hydrogens is 348 g/mol. The highest BCUT2D eigenvalue weighted by molar-refractivity contribution is 7.88. The molecule has 2 aliphatic rings. The minimum atomic E-state index is -3.24. The number of nitrogens with zero attached hydrogens (tertiary/aromatic N) is 1. The first-order valence-corrected chi connectivity index (χ1v) is 11.6. The molecule has 144 valence electrons. The molecule has 1 heterocycles. The van der Waals surface area contributed by atoms with Gasteiger partial charge in [0.05, 0.1) is 18.2 Å². The molecule has 0 radical (unpaired) electrons. The summed E-state index contributed by atoms with van der Waals surface area (Å²) in [6.45, 7) is 2.89. The Hall–Kier alpha value is -1.40. The Morgan fingerprint density at radius 3 is 2.65 bits per heavy atom. The molecule has 1 saturated heterocycles. The number of nitrogens with one attached hydrogen (secondary N) is 1. The fourth-order valence-corrected chi connectivity index (χ4v) is 5.05. The first kappa shape index (κ1) is 19.4. The number of aryl methyl sites for hydroxylation is 2. The van der Waals surface area contributed by atoms with Gasteiger partial charge in [-0.25, -0.2) is 12.7 Å². The molecule has 0 bridgehead atoms. The molecule has 1 aliphatic heterocycles. The molecule has 1 fully saturated rings. The Labute approximate surface area is 157 Å². The van der Waals surface area contributed by atoms with E-state index in [9.17, 15) is 13.2 Å². The van der Waals surface area contributed by atoms with Crippen LogP contribution in [0.4, 0.5) is 0 Å². The monoisotopic (exact) mass is 378 g/mol. The second-order valence-electron chi connectivity index (χ2n) is 7.66. The third-order valence-electron chi connectivity index (χ3n) is 5.72. The minimum absolute atomic E-state index is 0.0108. The Kier molecular flexibility index (Phi) is 6.03. The van der Waals surface area contributed by atoms with E-state index in [1.165, 1.54) is 34.5 Å². The van der Waals surface area contributed by atoms with Crippen LogP contribution < -0.4 is 5.32 Å². The lowest BCUT2D eigenvalue weighted by Crippen LogP contribution is -2.45. The normalized spacial score (nSPS) is 22.5. The number of amides is 1. The topological polar surface area (TPSA) is 66.5 Å². The number of fused-ring (bicyclic) bond motifs is 1. The second-order valence-corrected chi connectivity index (χ2v) is 9.65. The number of sulfonamides is 1. The van der Waals surface area contributed by atoms with E-state index in [0.717, 1.165) is 37.7 Å². The molecule has 6 heteroatoms. The first-order chi connectivity index (χ1) is 12.4. The number of hydrogen-bond donors (Lipinski definition) is 1. The van der Waals surface area contributed by atoms with Crippen molar-refractivity contribution in [3.05, 3.63) is 34.9 Å². The highest BCUT2D eigenvalue weighted by Gasteiger charge is 2.31. The van der Waals surface area contributed by atoms with E-state index >= 15 is 0 Å². The number of rotatable bonds is 5. The van der Waals surface area contributed by atoms with Crippen molar-refractivity contribution in [2.45, 2.75) is 57.9 Å². The van der Waals surface area contributed by atoms with Gasteiger partial charge in [-0.05, 0) is 61.6 Å². The summed E-state index contributed by atoms with van der Waals surface area (Å²) >= 11 is 0. The van der Waals surface area contributed by atoms with Crippen LogP contribution in [0.15, 0.2) is 18.2 Å². The van der Waals surface area contributed by atoms with Crippen molar-refractivity contribution in [2.24, 2.45) is 5.92 Å². The van der Waals surface area contributed by atoms with Crippen LogP contribution >= 0.6 is 0 Å². The van der Waals surface area contributed by atoms with Crippen LogP contribution in [0.5, 0.6) is 0 Å². The number of carbonyl (C=O) groups is 1. The summed E-state index contributed by atoms with van der Waals surface area (Å²) in [5.74, 6) is -0.284. The van der Waals surface area contributed by atoms with Gasteiger partial charge in [-0.2, -0.15) is 0 Å². The van der Waals surface area contributed by atoms with Gasteiger partial charge in [-0.15, -0.1) is 0 Å². The molecule has 1 aromatic rings. The van der Waals surface area contributed by atoms with Gasteiger partial charge in [0.15, 0.2) is 0 Å². The van der Waals surface area contributed by atoms with Crippen molar-refractivity contribution in [1.82, 2.24) is 9.62 Å². The van der Waals surface area contributed by atoms with Crippen LogP contribution in [0, 0.1) is 5.92 Å². The second kappa shape index (κ2) is 8.09. The molecule has 3 rings (SSSR count). The van der Waals surface area contributed by atoms with Crippen molar-refractivity contribution in [3.63, 3.8) is 0 Å². The molecule has 0 saturated carbocycles. The van der Waals surface area contributed by atoms with Crippen molar-refractivity contribution >= 4 is 15.9 Å². The summed E-state index contributed by atoms with van der Waals surface area (Å²) in [5, 5.41) is 3.17. The summed E-state index contributed by atoms with van der Waals surface area (Å²) in [6, 6.07) is 6.60. The van der Waals surface area contributed by atoms with E-state index in [4.69, 9.17) is 0 Å². The van der Waals surface area contributed by atoms with Gasteiger partial charge in [0, 0.05) is 13.1 Å². The summed E-state index contributed by atoms with van der Waals surface area (Å²) in [4.78, 5) is 12.8. The smallest absolute Gasteiger partial charge is 0.224 e. The molecule has 1 amide bonds. The standard InChI is InChI=1S/C20H30N2O3S/c1-3-19(17-11-10-15-7-4-5-8-16(15)13-17)21-20(23)18-9-6-12-22(14-18)26(2,24)25/h10-11,13,18-19H,3-9,12,14H2,1-2H3,(H,21,23)/t18-,19+/m0/s1. The van der Waals surface area contributed by atoms with Crippen molar-refractivity contribution in [2.75, 3.05) is 19.3 Å². The predicted molar refractivity (Wildman–Crippen MR) is 103 cm³/mol. The van der Waals surface area contributed by atoms with E-state index in [2.05, 4.69) is 30.4 Å². The third kappa shape index (κ3) is 4.46. The maximum Gasteiger partial charge on any atom is 0.224 e. The molecular formula is C20H30N2O3S. The van der Waals surface area contributed by atoms with Crippen molar-refractivity contribution in [1.29, 1.82) is 0 Å². The molecule has 26 heavy (non-hydrogen) atoms. The van der Waals surface area contributed by atoms with Crippen molar-refractivity contribution in [3.8, 4) is 0 Å². The molecule has 5 nitrogen and oxygen atoms in total. The molecule has 1 aliphatic carbocycles. The van der Waals surface area contributed by atoms with Crippen LogP contribution in [0.2, 0.25) is 0 Å². The van der Waals surface area contributed by atoms with Gasteiger partial charge >= 0.3 is 0 Å². The number of carbonyl (C=O) groups excluding carboxylic acids is 1. The maximum absolute atomic E-state index is 12.8. The van der Waals surface area contributed by atoms with Gasteiger partial charge in [0.2, 0.25) is 15.9 Å². The lowest BCUT2D eigenvalue weighted by atomic mass is 9.88. The van der Waals surface area contributed by atoms with Crippen LogP contribution in [-0.2, 0) is 27.7 Å². The molecule has 1 N–H and O–H groups in total. The Bertz CT molecular complexity index is 760. The van der Waals surface area contributed by atoms with Gasteiger partial charge in [-0.1, -0.05) is 25.1 Å². The average Bonchev–Trinajstić information content (AvgIpc) is 2.65. The number of piperidine rings is 1. The van der Waals surface area contributed by atoms with Crippen molar-refractivity contribution < 1.29 is 13.2 Å². The number of hydrogen-bond acceptors (Lipinski definition) is 3. The fourth-order valence-electron chi connectivity index (χ4n) is 4.14. The zero-order valence-corrected chi connectivity index (χ0v) is 16.6. The van der Waals surface area contributed by atoms with E-state index < -0.39 is 10.0 Å². The predicted octanol–water partition coefficient (Wildman–Crippen LogP) is 2.80. The zero-order chi connectivity index (χ0) is 18.7. The summed E-state index contributed by atoms with van der Waals surface area (Å²) in [5.41, 5.74) is 4.02. The summed E-state index contributed by atoms with van der Waals surface area (Å²) < 4.78 is 25.0. The Morgan fingerprint density at radius 2 is 1.96 bits per heavy atom. The summed E-state index contributed by atoms with van der Waals surface area (Å²) in [7, 11) is -3.24. The minimum Gasteiger partial charge on any atom is -0.349 e. The van der Waals surface area contributed by atoms with Crippen LogP contribution in [0.1, 0.15) is 61.8 Å². The van der Waals surface area contributed by atoms with Crippen LogP contribution in [0.25, 0.3) is 0 Å².